The van der Waals surface area contributed by atoms with Crippen molar-refractivity contribution in [3.05, 3.63) is 70.4 Å². The molecule has 128 valence electrons. The van der Waals surface area contributed by atoms with E-state index in [9.17, 15) is 4.79 Å². The molecule has 2 aromatic carbocycles. The summed E-state index contributed by atoms with van der Waals surface area (Å²) in [5.41, 5.74) is 4.65. The van der Waals surface area contributed by atoms with Crippen LogP contribution in [0, 0.1) is 13.8 Å². The third-order valence-corrected chi connectivity index (χ3v) is 4.19. The average Bonchev–Trinajstić information content (AvgIpc) is 2.96. The number of hydrogen-bond donors (Lipinski definition) is 0. The monoisotopic (exact) mass is 335 g/mol. The standard InChI is InChI=1S/C21H21NO3/c1-14-8-9-15(2)17(12-14)13-18-21(23)25-20(22-18)11-10-16-6-4-5-7-19(16)24-3/h4-9,12-13H,10-11H2,1-3H3/b18-13+. The summed E-state index contributed by atoms with van der Waals surface area (Å²) >= 11 is 0. The second-order valence-electron chi connectivity index (χ2n) is 6.10. The Hall–Kier alpha value is -2.88. The van der Waals surface area contributed by atoms with E-state index < -0.39 is 5.97 Å². The maximum atomic E-state index is 12.1. The number of aliphatic imine (C=N–C) groups is 1. The van der Waals surface area contributed by atoms with E-state index in [-0.39, 0.29) is 0 Å². The van der Waals surface area contributed by atoms with Crippen molar-refractivity contribution in [2.75, 3.05) is 7.11 Å². The topological polar surface area (TPSA) is 47.9 Å². The summed E-state index contributed by atoms with van der Waals surface area (Å²) in [4.78, 5) is 16.5. The molecular weight excluding hydrogens is 314 g/mol. The lowest BCUT2D eigenvalue weighted by atomic mass is 10.0. The molecule has 0 unspecified atom stereocenters. The molecule has 4 heteroatoms. The number of esters is 1. The number of aryl methyl sites for hydroxylation is 3. The smallest absolute Gasteiger partial charge is 0.363 e. The average molecular weight is 335 g/mol. The van der Waals surface area contributed by atoms with Gasteiger partial charge in [-0.3, -0.25) is 0 Å². The van der Waals surface area contributed by atoms with Crippen molar-refractivity contribution in [1.82, 2.24) is 0 Å². The van der Waals surface area contributed by atoms with E-state index in [2.05, 4.69) is 4.99 Å². The first-order valence-corrected chi connectivity index (χ1v) is 8.27. The SMILES string of the molecule is COc1ccccc1CCC1=N/C(=C/c2cc(C)ccc2C)C(=O)O1. The Kier molecular flexibility index (Phi) is 4.98. The summed E-state index contributed by atoms with van der Waals surface area (Å²) in [6.45, 7) is 4.04. The van der Waals surface area contributed by atoms with Crippen molar-refractivity contribution in [2.24, 2.45) is 4.99 Å². The zero-order valence-electron chi connectivity index (χ0n) is 14.7. The minimum absolute atomic E-state index is 0.351. The molecular formula is C21H21NO3. The van der Waals surface area contributed by atoms with Crippen LogP contribution < -0.4 is 4.74 Å². The quantitative estimate of drug-likeness (QED) is 0.606. The van der Waals surface area contributed by atoms with Crippen molar-refractivity contribution >= 4 is 17.9 Å². The summed E-state index contributed by atoms with van der Waals surface area (Å²) in [5, 5.41) is 0. The maximum Gasteiger partial charge on any atom is 0.363 e. The highest BCUT2D eigenvalue weighted by Crippen LogP contribution is 2.23. The van der Waals surface area contributed by atoms with Gasteiger partial charge in [-0.2, -0.15) is 0 Å². The molecule has 2 aromatic rings. The molecule has 0 saturated carbocycles. The van der Waals surface area contributed by atoms with Gasteiger partial charge in [-0.25, -0.2) is 9.79 Å². The van der Waals surface area contributed by atoms with Gasteiger partial charge in [-0.15, -0.1) is 0 Å². The molecule has 3 rings (SSSR count). The zero-order chi connectivity index (χ0) is 17.8. The van der Waals surface area contributed by atoms with E-state index in [0.717, 1.165) is 28.0 Å². The Morgan fingerprint density at radius 2 is 1.92 bits per heavy atom. The van der Waals surface area contributed by atoms with E-state index >= 15 is 0 Å². The molecule has 1 aliphatic heterocycles. The third-order valence-electron chi connectivity index (χ3n) is 4.19. The van der Waals surface area contributed by atoms with Gasteiger partial charge in [0.25, 0.3) is 0 Å². The number of benzene rings is 2. The van der Waals surface area contributed by atoms with Crippen molar-refractivity contribution in [3.8, 4) is 5.75 Å². The molecule has 0 spiro atoms. The van der Waals surface area contributed by atoms with Crippen molar-refractivity contribution in [3.63, 3.8) is 0 Å². The molecule has 0 aliphatic carbocycles. The van der Waals surface area contributed by atoms with Gasteiger partial charge in [0.15, 0.2) is 11.6 Å². The lowest BCUT2D eigenvalue weighted by molar-refractivity contribution is -0.130. The van der Waals surface area contributed by atoms with Gasteiger partial charge in [0.2, 0.25) is 0 Å². The molecule has 1 aliphatic rings. The van der Waals surface area contributed by atoms with Crippen molar-refractivity contribution in [2.45, 2.75) is 26.7 Å². The van der Waals surface area contributed by atoms with Gasteiger partial charge in [0.1, 0.15) is 5.75 Å². The molecule has 0 radical (unpaired) electrons. The first-order valence-electron chi connectivity index (χ1n) is 8.27. The summed E-state index contributed by atoms with van der Waals surface area (Å²) in [6.07, 6.45) is 3.05. The van der Waals surface area contributed by atoms with Crippen LogP contribution in [-0.4, -0.2) is 19.0 Å². The fourth-order valence-electron chi connectivity index (χ4n) is 2.77. The van der Waals surface area contributed by atoms with E-state index in [4.69, 9.17) is 9.47 Å². The third kappa shape index (κ3) is 3.97. The number of carbonyl (C=O) groups excluding carboxylic acids is 1. The Morgan fingerprint density at radius 3 is 2.72 bits per heavy atom. The Bertz CT molecular complexity index is 865. The first-order chi connectivity index (χ1) is 12.1. The summed E-state index contributed by atoms with van der Waals surface area (Å²) < 4.78 is 10.7. The number of rotatable bonds is 5. The van der Waals surface area contributed by atoms with Crippen LogP contribution in [0.2, 0.25) is 0 Å². The second kappa shape index (κ2) is 7.34. The van der Waals surface area contributed by atoms with Crippen molar-refractivity contribution < 1.29 is 14.3 Å². The van der Waals surface area contributed by atoms with Crippen LogP contribution in [0.4, 0.5) is 0 Å². The predicted molar refractivity (Wildman–Crippen MR) is 98.7 cm³/mol. The minimum atomic E-state index is -0.393. The number of cyclic esters (lactones) is 1. The number of para-hydroxylation sites is 1. The Morgan fingerprint density at radius 1 is 1.12 bits per heavy atom. The van der Waals surface area contributed by atoms with E-state index in [0.29, 0.717) is 24.4 Å². The molecule has 0 atom stereocenters. The fourth-order valence-corrected chi connectivity index (χ4v) is 2.77. The van der Waals surface area contributed by atoms with Crippen LogP contribution in [0.1, 0.15) is 28.7 Å². The van der Waals surface area contributed by atoms with Gasteiger partial charge < -0.3 is 9.47 Å². The van der Waals surface area contributed by atoms with Crippen molar-refractivity contribution in [1.29, 1.82) is 0 Å². The zero-order valence-corrected chi connectivity index (χ0v) is 14.7. The molecule has 0 amide bonds. The van der Waals surface area contributed by atoms with E-state index in [1.807, 2.05) is 56.3 Å². The largest absolute Gasteiger partial charge is 0.496 e. The summed E-state index contributed by atoms with van der Waals surface area (Å²) in [5.74, 6) is 0.891. The molecule has 0 aromatic heterocycles. The second-order valence-corrected chi connectivity index (χ2v) is 6.10. The van der Waals surface area contributed by atoms with E-state index in [1.165, 1.54) is 0 Å². The lowest BCUT2D eigenvalue weighted by Crippen LogP contribution is -2.05. The van der Waals surface area contributed by atoms with Gasteiger partial charge in [-0.1, -0.05) is 42.0 Å². The predicted octanol–water partition coefficient (Wildman–Crippen LogP) is 4.24. The molecule has 0 N–H and O–H groups in total. The van der Waals surface area contributed by atoms with Gasteiger partial charge in [0, 0.05) is 6.42 Å². The first kappa shape index (κ1) is 17.0. The van der Waals surface area contributed by atoms with Gasteiger partial charge in [-0.05, 0) is 49.1 Å². The molecule has 0 bridgehead atoms. The highest BCUT2D eigenvalue weighted by Gasteiger charge is 2.23. The van der Waals surface area contributed by atoms with Gasteiger partial charge in [0.05, 0.1) is 7.11 Å². The highest BCUT2D eigenvalue weighted by molar-refractivity contribution is 6.07. The van der Waals surface area contributed by atoms with Crippen LogP contribution >= 0.6 is 0 Å². The Balaban J connectivity index is 1.76. The minimum Gasteiger partial charge on any atom is -0.496 e. The molecule has 0 saturated heterocycles. The van der Waals surface area contributed by atoms with Crippen LogP contribution in [0.5, 0.6) is 5.75 Å². The maximum absolute atomic E-state index is 12.1. The number of methoxy groups -OCH3 is 1. The Labute approximate surface area is 147 Å². The number of ether oxygens (including phenoxy) is 2. The molecule has 1 heterocycles. The lowest BCUT2D eigenvalue weighted by Gasteiger charge is -2.07. The molecule has 25 heavy (non-hydrogen) atoms. The van der Waals surface area contributed by atoms with Crippen LogP contribution in [-0.2, 0) is 16.0 Å². The van der Waals surface area contributed by atoms with Crippen LogP contribution in [0.25, 0.3) is 6.08 Å². The number of hydrogen-bond acceptors (Lipinski definition) is 4. The fraction of sp³-hybridized carbons (Fsp3) is 0.238. The summed E-state index contributed by atoms with van der Waals surface area (Å²) in [7, 11) is 1.65. The van der Waals surface area contributed by atoms with E-state index in [1.54, 1.807) is 13.2 Å². The van der Waals surface area contributed by atoms with Gasteiger partial charge >= 0.3 is 5.97 Å². The van der Waals surface area contributed by atoms with Crippen LogP contribution in [0.15, 0.2) is 53.2 Å². The highest BCUT2D eigenvalue weighted by atomic mass is 16.6. The molecule has 4 nitrogen and oxygen atoms in total. The number of carbonyl (C=O) groups is 1. The van der Waals surface area contributed by atoms with Crippen LogP contribution in [0.3, 0.4) is 0 Å². The normalized spacial score (nSPS) is 15.2. The molecule has 0 fully saturated rings. The number of nitrogens with zero attached hydrogens (tertiary/aromatic N) is 1. The summed E-state index contributed by atoms with van der Waals surface area (Å²) in [6, 6.07) is 13.9.